The van der Waals surface area contributed by atoms with Gasteiger partial charge in [0.05, 0.1) is 5.39 Å². The van der Waals surface area contributed by atoms with E-state index in [1.807, 2.05) is 12.1 Å². The first-order valence-electron chi connectivity index (χ1n) is 8.61. The average molecular weight is 388 g/mol. The van der Waals surface area contributed by atoms with Crippen LogP contribution in [0.2, 0.25) is 0 Å². The van der Waals surface area contributed by atoms with E-state index in [1.54, 1.807) is 19.2 Å². The molecule has 0 spiro atoms. The molecule has 27 heavy (non-hydrogen) atoms. The van der Waals surface area contributed by atoms with Crippen LogP contribution in [0.25, 0.3) is 10.9 Å². The second-order valence-corrected chi connectivity index (χ2v) is 6.99. The van der Waals surface area contributed by atoms with Crippen molar-refractivity contribution >= 4 is 33.3 Å². The molecule has 2 aromatic heterocycles. The zero-order chi connectivity index (χ0) is 19.1. The SMILES string of the molecule is COCc1nnc(NC(=O)CCCCCn2nnc3ccccc3c2=O)s1. The number of carbonyl (C=O) groups is 1. The molecule has 1 aromatic carbocycles. The van der Waals surface area contributed by atoms with E-state index in [2.05, 4.69) is 25.8 Å². The maximum atomic E-state index is 12.3. The van der Waals surface area contributed by atoms with Crippen LogP contribution in [-0.2, 0) is 22.7 Å². The molecule has 0 saturated heterocycles. The summed E-state index contributed by atoms with van der Waals surface area (Å²) in [6.45, 7) is 0.861. The van der Waals surface area contributed by atoms with E-state index in [4.69, 9.17) is 4.74 Å². The highest BCUT2D eigenvalue weighted by Gasteiger charge is 2.08. The molecular weight excluding hydrogens is 368 g/mol. The lowest BCUT2D eigenvalue weighted by atomic mass is 10.2. The normalized spacial score (nSPS) is 11.0. The summed E-state index contributed by atoms with van der Waals surface area (Å²) < 4.78 is 6.34. The number of carbonyl (C=O) groups excluding carboxylic acids is 1. The fourth-order valence-electron chi connectivity index (χ4n) is 2.56. The maximum Gasteiger partial charge on any atom is 0.277 e. The number of aryl methyl sites for hydroxylation is 1. The van der Waals surface area contributed by atoms with Crippen LogP contribution >= 0.6 is 11.3 Å². The van der Waals surface area contributed by atoms with Crippen LogP contribution in [0.4, 0.5) is 5.13 Å². The predicted molar refractivity (Wildman–Crippen MR) is 102 cm³/mol. The molecule has 0 bridgehead atoms. The molecule has 1 amide bonds. The molecule has 142 valence electrons. The van der Waals surface area contributed by atoms with Crippen molar-refractivity contribution in [3.8, 4) is 0 Å². The van der Waals surface area contributed by atoms with Gasteiger partial charge in [-0.25, -0.2) is 4.68 Å². The number of fused-ring (bicyclic) bond motifs is 1. The van der Waals surface area contributed by atoms with E-state index >= 15 is 0 Å². The molecule has 0 aliphatic carbocycles. The molecule has 0 aliphatic heterocycles. The van der Waals surface area contributed by atoms with Crippen molar-refractivity contribution in [2.45, 2.75) is 38.8 Å². The molecule has 0 atom stereocenters. The summed E-state index contributed by atoms with van der Waals surface area (Å²) >= 11 is 1.30. The van der Waals surface area contributed by atoms with Crippen molar-refractivity contribution in [2.75, 3.05) is 12.4 Å². The number of aromatic nitrogens is 5. The number of benzene rings is 1. The molecule has 0 unspecified atom stereocenters. The van der Waals surface area contributed by atoms with Crippen molar-refractivity contribution < 1.29 is 9.53 Å². The Kier molecular flexibility index (Phi) is 6.55. The van der Waals surface area contributed by atoms with E-state index in [9.17, 15) is 9.59 Å². The smallest absolute Gasteiger partial charge is 0.277 e. The van der Waals surface area contributed by atoms with Gasteiger partial charge in [-0.3, -0.25) is 9.59 Å². The highest BCUT2D eigenvalue weighted by Crippen LogP contribution is 2.16. The highest BCUT2D eigenvalue weighted by atomic mass is 32.1. The van der Waals surface area contributed by atoms with Gasteiger partial charge in [-0.15, -0.1) is 15.3 Å². The summed E-state index contributed by atoms with van der Waals surface area (Å²) in [5.74, 6) is -0.0993. The van der Waals surface area contributed by atoms with E-state index in [0.717, 1.165) is 17.8 Å². The van der Waals surface area contributed by atoms with Crippen LogP contribution in [0.1, 0.15) is 30.7 Å². The Morgan fingerprint density at radius 2 is 2.04 bits per heavy atom. The van der Waals surface area contributed by atoms with Gasteiger partial charge >= 0.3 is 0 Å². The molecule has 3 aromatic rings. The van der Waals surface area contributed by atoms with Crippen molar-refractivity contribution in [3.63, 3.8) is 0 Å². The van der Waals surface area contributed by atoms with E-state index in [-0.39, 0.29) is 11.5 Å². The summed E-state index contributed by atoms with van der Waals surface area (Å²) in [6, 6.07) is 7.15. The predicted octanol–water partition coefficient (Wildman–Crippen LogP) is 1.99. The van der Waals surface area contributed by atoms with E-state index in [0.29, 0.717) is 42.0 Å². The van der Waals surface area contributed by atoms with Crippen molar-refractivity contribution in [2.24, 2.45) is 0 Å². The third kappa shape index (κ3) is 5.14. The molecule has 0 radical (unpaired) electrons. The fourth-order valence-corrected chi connectivity index (χ4v) is 3.29. The Morgan fingerprint density at radius 1 is 1.19 bits per heavy atom. The van der Waals surface area contributed by atoms with E-state index in [1.165, 1.54) is 16.0 Å². The van der Waals surface area contributed by atoms with Crippen molar-refractivity contribution in [3.05, 3.63) is 39.6 Å². The summed E-state index contributed by atoms with van der Waals surface area (Å²) in [5.41, 5.74) is 0.460. The fraction of sp³-hybridized carbons (Fsp3) is 0.412. The molecule has 1 N–H and O–H groups in total. The van der Waals surface area contributed by atoms with Gasteiger partial charge in [-0.2, -0.15) is 0 Å². The minimum absolute atomic E-state index is 0.0993. The summed E-state index contributed by atoms with van der Waals surface area (Å²) in [7, 11) is 1.58. The van der Waals surface area contributed by atoms with Crippen molar-refractivity contribution in [1.29, 1.82) is 0 Å². The Morgan fingerprint density at radius 3 is 2.89 bits per heavy atom. The number of ether oxygens (including phenoxy) is 1. The lowest BCUT2D eigenvalue weighted by Gasteiger charge is -2.05. The largest absolute Gasteiger partial charge is 0.377 e. The van der Waals surface area contributed by atoms with E-state index < -0.39 is 0 Å². The zero-order valence-corrected chi connectivity index (χ0v) is 15.7. The molecule has 0 fully saturated rings. The Labute approximate surface area is 159 Å². The number of rotatable bonds is 9. The third-order valence-corrected chi connectivity index (χ3v) is 4.70. The Balaban J connectivity index is 1.40. The standard InChI is InChI=1S/C17H20N6O3S/c1-26-11-15-20-21-17(27-15)18-14(24)9-3-2-6-10-23-16(25)12-7-4-5-8-13(12)19-22-23/h4-5,7-8H,2-3,6,9-11H2,1H3,(H,18,21,24). The van der Waals surface area contributed by atoms with Crippen LogP contribution in [-0.4, -0.2) is 38.2 Å². The quantitative estimate of drug-likeness (QED) is 0.558. The molecule has 10 heteroatoms. The van der Waals surface area contributed by atoms with Gasteiger partial charge in [0.15, 0.2) is 0 Å². The van der Waals surface area contributed by atoms with Gasteiger partial charge in [0.1, 0.15) is 17.1 Å². The molecule has 2 heterocycles. The molecule has 3 rings (SSSR count). The Bertz CT molecular complexity index is 970. The number of hydrogen-bond donors (Lipinski definition) is 1. The summed E-state index contributed by atoms with van der Waals surface area (Å²) in [6.07, 6.45) is 2.65. The number of nitrogens with zero attached hydrogens (tertiary/aromatic N) is 5. The third-order valence-electron chi connectivity index (χ3n) is 3.88. The molecule has 0 saturated carbocycles. The first-order chi connectivity index (χ1) is 13.2. The number of methoxy groups -OCH3 is 1. The Hall–Kier alpha value is -2.72. The summed E-state index contributed by atoms with van der Waals surface area (Å²) in [5, 5.41) is 20.3. The maximum absolute atomic E-state index is 12.3. The van der Waals surface area contributed by atoms with Gasteiger partial charge in [0.2, 0.25) is 11.0 Å². The van der Waals surface area contributed by atoms with Crippen LogP contribution in [0.5, 0.6) is 0 Å². The second-order valence-electron chi connectivity index (χ2n) is 5.93. The van der Waals surface area contributed by atoms with Gasteiger partial charge in [-0.05, 0) is 25.0 Å². The van der Waals surface area contributed by atoms with Gasteiger partial charge in [-0.1, -0.05) is 35.1 Å². The van der Waals surface area contributed by atoms with Crippen LogP contribution in [0.3, 0.4) is 0 Å². The minimum Gasteiger partial charge on any atom is -0.377 e. The first-order valence-corrected chi connectivity index (χ1v) is 9.43. The number of anilines is 1. The number of hydrogen-bond acceptors (Lipinski definition) is 8. The summed E-state index contributed by atoms with van der Waals surface area (Å²) in [4.78, 5) is 24.3. The van der Waals surface area contributed by atoms with Gasteiger partial charge in [0.25, 0.3) is 5.56 Å². The molecule has 0 aliphatic rings. The van der Waals surface area contributed by atoms with Gasteiger partial charge < -0.3 is 10.1 Å². The first kappa shape index (κ1) is 19.1. The number of unbranched alkanes of at least 4 members (excludes halogenated alkanes) is 2. The average Bonchev–Trinajstić information content (AvgIpc) is 3.10. The monoisotopic (exact) mass is 388 g/mol. The van der Waals surface area contributed by atoms with Crippen LogP contribution < -0.4 is 10.9 Å². The zero-order valence-electron chi connectivity index (χ0n) is 14.9. The topological polar surface area (TPSA) is 112 Å². The molecular formula is C17H20N6O3S. The van der Waals surface area contributed by atoms with Gasteiger partial charge in [0, 0.05) is 20.1 Å². The minimum atomic E-state index is -0.138. The van der Waals surface area contributed by atoms with Crippen LogP contribution in [0.15, 0.2) is 29.1 Å². The lowest BCUT2D eigenvalue weighted by molar-refractivity contribution is -0.116. The van der Waals surface area contributed by atoms with Crippen LogP contribution in [0, 0.1) is 0 Å². The highest BCUT2D eigenvalue weighted by molar-refractivity contribution is 7.15. The number of amides is 1. The number of nitrogens with one attached hydrogen (secondary N) is 1. The second kappa shape index (κ2) is 9.28. The lowest BCUT2D eigenvalue weighted by Crippen LogP contribution is -2.24. The molecule has 9 nitrogen and oxygen atoms in total. The van der Waals surface area contributed by atoms with Crippen molar-refractivity contribution in [1.82, 2.24) is 25.2 Å².